The number of rotatable bonds is 19. The van der Waals surface area contributed by atoms with Gasteiger partial charge in [0.25, 0.3) is 0 Å². The highest BCUT2D eigenvalue weighted by Crippen LogP contribution is 2.59. The molecular weight excluding hydrogens is 1520 g/mol. The number of pyridine rings is 2. The van der Waals surface area contributed by atoms with Crippen molar-refractivity contribution in [2.45, 2.75) is 257 Å². The number of benzene rings is 2. The molecule has 4 saturated heterocycles. The summed E-state index contributed by atoms with van der Waals surface area (Å²) in [6.45, 7) is 15.5. The molecule has 5 N–H and O–H groups in total. The van der Waals surface area contributed by atoms with Crippen LogP contribution in [0.3, 0.4) is 0 Å². The Morgan fingerprint density at radius 3 is 1.44 bits per heavy atom. The average molecular weight is 1640 g/mol. The van der Waals surface area contributed by atoms with Gasteiger partial charge in [0.05, 0.1) is 103 Å². The van der Waals surface area contributed by atoms with Crippen LogP contribution >= 0.6 is 0 Å². The molecule has 114 heavy (non-hydrogen) atoms. The summed E-state index contributed by atoms with van der Waals surface area (Å²) < 4.78 is 92.4. The molecule has 10 aliphatic rings. The van der Waals surface area contributed by atoms with E-state index < -0.39 is 95.5 Å². The zero-order valence-corrected chi connectivity index (χ0v) is 67.8. The minimum absolute atomic E-state index is 0. The molecule has 0 radical (unpaired) electrons. The normalized spacial score (nSPS) is 27.0. The molecule has 2 aromatic heterocycles. The van der Waals surface area contributed by atoms with Crippen LogP contribution in [0.2, 0.25) is 0 Å². The number of aryl methyl sites for hydroxylation is 2. The summed E-state index contributed by atoms with van der Waals surface area (Å²) in [6, 6.07) is 6.79. The van der Waals surface area contributed by atoms with Crippen LogP contribution in [0.4, 0.5) is 4.79 Å². The van der Waals surface area contributed by atoms with E-state index in [1.165, 1.54) is 29.3 Å². The molecule has 0 spiro atoms. The number of Topliss-reactive ketones (excluding diaryl/α,β-unsaturated/α-hetero) is 2. The van der Waals surface area contributed by atoms with E-state index >= 15 is 0 Å². The summed E-state index contributed by atoms with van der Waals surface area (Å²) in [5.41, 5.74) is 0.361. The number of ether oxygens (including phenoxy) is 6. The van der Waals surface area contributed by atoms with Crippen molar-refractivity contribution >= 4 is 95.6 Å². The van der Waals surface area contributed by atoms with E-state index in [0.29, 0.717) is 140 Å². The number of hydrogen-bond acceptors (Lipinski definition) is 21. The molecule has 28 nitrogen and oxygen atoms in total. The molecule has 4 aliphatic carbocycles. The van der Waals surface area contributed by atoms with Crippen molar-refractivity contribution < 1.29 is 101 Å². The van der Waals surface area contributed by atoms with E-state index in [4.69, 9.17) is 38.4 Å². The fraction of sp³-hybridized carbons (Fsp3) is 0.627. The number of likely N-dealkylation sites (tertiary alicyclic amines) is 1. The van der Waals surface area contributed by atoms with Crippen LogP contribution in [0.5, 0.6) is 34.8 Å². The van der Waals surface area contributed by atoms with Crippen molar-refractivity contribution in [3.05, 3.63) is 71.8 Å². The van der Waals surface area contributed by atoms with Gasteiger partial charge in [-0.1, -0.05) is 64.8 Å². The molecule has 6 amide bonds. The number of amides is 6. The standard InChI is InChI=1S/C40H53N5O9S.C38H48N4O9S.C3H7N.2CH4.ClH/c1-24(2)53-35-20-34(29-15-16-33(52-4)25(3)36(29)42-35)54-27-19-31-32(46)22-40(38(48)43-55(50,51)28-13-14-28)21-26(40)11-8-6-5-7-9-12-30(37(47)45(31)23-27)41-39(49)44-17-10-18-44;1-23(2)50-34-19-33(28-14-15-32(49-4)24(3)35(28)40-34)51-26-18-30-31(44)21-38(37(46)41-52(47,48)27-12-13-27)20-25(38)10-8-6-5-7-9-11-29(39-16-17-43)36(45)42(30)22-26;1-2-4-3-1;;;/h8,11,15-16,20,24,26-28,30-31H,5-7,9-10,12-14,17-19,21-23H2,1-4H3,(H,41,49)(H,43,48);8,10,14-17,19,23,25-27,29-30H,5-7,9,11-13,18,20-22H2,1-4H3,(H,41,46);4H,1-3H2;2*1H4;1H/b11-8-;10-8-,39-16?;;;;/t26-,27-,30+,31+,40-;25-,26-,29+,30+,38-;;;;/m11..../s1. The first kappa shape index (κ1) is 89.5. The monoisotopic (exact) mass is 1640 g/mol. The SMILES string of the molecule is C.C.C1C[NH2+]C1.COc1ccc2c(O[C@@H]3C[C@H]4C(=O)C[C@]5(C(=O)NS(=O)(=O)C6CC6)C[C@H]5/C=C\CCCCC[C@H](N=CC=O)C(=O)N4C3)cc(OC(C)C)nc2c1C.COc1ccc2c(O[C@@H]3C[C@H]4C(=O)C[C@]5(C(=O)NS(=O)(=O)C6CC6)C[C@H]5/C=C\CCCCC[C@H](NC(=O)N5CCC5)C(=O)N4C3)cc(OC(C)C)nc2c1C.[Cl-]. The Labute approximate surface area is 677 Å². The maximum Gasteiger partial charge on any atom is 0.318 e. The molecule has 4 saturated carbocycles. The van der Waals surface area contributed by atoms with Gasteiger partial charge in [-0.25, -0.2) is 31.6 Å². The minimum Gasteiger partial charge on any atom is -1.00 e. The zero-order valence-electron chi connectivity index (χ0n) is 65.5. The average Bonchev–Trinajstić information content (AvgIpc) is 1.57. The van der Waals surface area contributed by atoms with E-state index in [2.05, 4.69) is 25.1 Å². The number of sulfonamides is 2. The number of urea groups is 1. The maximum atomic E-state index is 14.6. The number of halogens is 1. The Morgan fingerprint density at radius 2 is 1.04 bits per heavy atom. The van der Waals surface area contributed by atoms with Gasteiger partial charge in [-0.15, -0.1) is 0 Å². The van der Waals surface area contributed by atoms with Crippen molar-refractivity contribution in [2.24, 2.45) is 27.7 Å². The second kappa shape index (κ2) is 38.5. The largest absolute Gasteiger partial charge is 1.00 e. The predicted octanol–water partition coefficient (Wildman–Crippen LogP) is 6.21. The number of nitrogens with two attached hydrogens (primary N) is 1. The van der Waals surface area contributed by atoms with E-state index in [0.717, 1.165) is 62.3 Å². The Hall–Kier alpha value is -8.48. The first-order valence-electron chi connectivity index (χ1n) is 39.8. The van der Waals surface area contributed by atoms with Crippen molar-refractivity contribution in [1.29, 1.82) is 0 Å². The summed E-state index contributed by atoms with van der Waals surface area (Å²) >= 11 is 0. The van der Waals surface area contributed by atoms with Gasteiger partial charge in [-0.05, 0) is 161 Å². The number of fused-ring (bicyclic) bond motifs is 6. The highest BCUT2D eigenvalue weighted by molar-refractivity contribution is 7.91. The van der Waals surface area contributed by atoms with E-state index in [1.807, 2.05) is 90.1 Å². The van der Waals surface area contributed by atoms with E-state index in [1.54, 1.807) is 31.3 Å². The smallest absolute Gasteiger partial charge is 0.318 e. The molecule has 6 aliphatic heterocycles. The number of aldehydes is 1. The number of quaternary nitrogens is 1. The van der Waals surface area contributed by atoms with Gasteiger partial charge >= 0.3 is 6.03 Å². The summed E-state index contributed by atoms with van der Waals surface area (Å²) in [5.74, 6) is -0.501. The van der Waals surface area contributed by atoms with Crippen LogP contribution in [0.1, 0.15) is 195 Å². The third kappa shape index (κ3) is 21.0. The van der Waals surface area contributed by atoms with Crippen LogP contribution in [-0.4, -0.2) is 208 Å². The van der Waals surface area contributed by atoms with Crippen LogP contribution in [0, 0.1) is 36.5 Å². The van der Waals surface area contributed by atoms with Gasteiger partial charge in [-0.2, -0.15) is 0 Å². The lowest BCUT2D eigenvalue weighted by atomic mass is 9.91. The molecule has 626 valence electrons. The quantitative estimate of drug-likeness (QED) is 0.0460. The van der Waals surface area contributed by atoms with Crippen molar-refractivity contribution in [3.8, 4) is 34.8 Å². The number of nitrogens with zero attached hydrogens (tertiary/aromatic N) is 6. The number of methoxy groups -OCH3 is 2. The lowest BCUT2D eigenvalue weighted by molar-refractivity contribution is -0.705. The highest BCUT2D eigenvalue weighted by atomic mass is 35.5. The fourth-order valence-electron chi connectivity index (χ4n) is 15.8. The molecule has 14 rings (SSSR count). The number of hydrogen-bond donors (Lipinski definition) is 4. The second-order valence-corrected chi connectivity index (χ2v) is 35.9. The van der Waals surface area contributed by atoms with Gasteiger partial charge in [0.1, 0.15) is 47.3 Å². The number of ketones is 2. The minimum atomic E-state index is -3.85. The molecule has 4 aromatic rings. The van der Waals surface area contributed by atoms with Gasteiger partial charge < -0.3 is 66.2 Å². The maximum absolute atomic E-state index is 14.6. The second-order valence-electron chi connectivity index (χ2n) is 32.0. The number of carbonyl (C=O) groups is 8. The number of carbonyl (C=O) groups excluding carboxylic acids is 8. The first-order chi connectivity index (χ1) is 53.2. The molecule has 2 aromatic carbocycles. The van der Waals surface area contributed by atoms with Crippen LogP contribution < -0.4 is 60.9 Å². The molecule has 8 fully saturated rings. The first-order valence-corrected chi connectivity index (χ1v) is 42.8. The predicted molar refractivity (Wildman–Crippen MR) is 428 cm³/mol. The molecule has 10 atom stereocenters. The summed E-state index contributed by atoms with van der Waals surface area (Å²) in [4.78, 5) is 128. The molecule has 0 bridgehead atoms. The number of nitrogens with one attached hydrogen (secondary N) is 3. The summed E-state index contributed by atoms with van der Waals surface area (Å²) in [5, 5.41) is 5.49. The van der Waals surface area contributed by atoms with Crippen LogP contribution in [0.15, 0.2) is 65.7 Å². The van der Waals surface area contributed by atoms with E-state index in [-0.39, 0.29) is 114 Å². The molecular formula is C83H117ClN10O18S2. The Morgan fingerprint density at radius 1 is 0.605 bits per heavy atom. The molecule has 0 unspecified atom stereocenters. The number of allylic oxidation sites excluding steroid dienone is 4. The summed E-state index contributed by atoms with van der Waals surface area (Å²) in [7, 11) is -4.51. The lowest BCUT2D eigenvalue weighted by Crippen LogP contribution is -3.00. The van der Waals surface area contributed by atoms with E-state index in [9.17, 15) is 55.2 Å². The Balaban J connectivity index is 0.000000243. The highest BCUT2D eigenvalue weighted by Gasteiger charge is 2.63. The van der Waals surface area contributed by atoms with Crippen LogP contribution in [0.25, 0.3) is 21.8 Å². The molecule has 31 heteroatoms. The third-order valence-corrected chi connectivity index (χ3v) is 26.6. The third-order valence-electron chi connectivity index (χ3n) is 23.0. The van der Waals surface area contributed by atoms with Crippen molar-refractivity contribution in [2.75, 3.05) is 53.5 Å². The fourth-order valence-corrected chi connectivity index (χ4v) is 18.5. The Kier molecular flexibility index (Phi) is 30.2. The van der Waals surface area contributed by atoms with Crippen molar-refractivity contribution in [3.63, 3.8) is 0 Å². The van der Waals surface area contributed by atoms with Gasteiger partial charge in [0.15, 0.2) is 17.9 Å². The van der Waals surface area contributed by atoms with Gasteiger partial charge in [-0.3, -0.25) is 48.0 Å². The lowest BCUT2D eigenvalue weighted by Gasteiger charge is -2.34. The summed E-state index contributed by atoms with van der Waals surface area (Å²) in [6.07, 6.45) is 19.6. The van der Waals surface area contributed by atoms with Gasteiger partial charge in [0.2, 0.25) is 55.4 Å². The number of aliphatic imine (C=N–C) groups is 1. The van der Waals surface area contributed by atoms with Gasteiger partial charge in [0, 0.05) is 79.2 Å². The number of aromatic nitrogens is 2. The molecule has 8 heterocycles. The zero-order chi connectivity index (χ0) is 79.1. The van der Waals surface area contributed by atoms with Crippen LogP contribution in [-0.2, 0) is 53.6 Å². The topological polar surface area (TPSA) is 361 Å². The Bertz CT molecular complexity index is 4500. The van der Waals surface area contributed by atoms with Crippen molar-refractivity contribution in [1.82, 2.24) is 39.4 Å².